The molecule has 1 aromatic carbocycles. The number of thiophene rings is 1. The first-order valence-electron chi connectivity index (χ1n) is 7.45. The second-order valence-electron chi connectivity index (χ2n) is 5.70. The van der Waals surface area contributed by atoms with Gasteiger partial charge in [0, 0.05) is 22.9 Å². The Balaban J connectivity index is 1.86. The van der Waals surface area contributed by atoms with Crippen molar-refractivity contribution in [2.24, 2.45) is 4.99 Å². The van der Waals surface area contributed by atoms with E-state index in [9.17, 15) is 9.59 Å². The molecule has 2 aliphatic rings. The minimum Gasteiger partial charge on any atom is -0.300 e. The molecule has 2 aliphatic heterocycles. The third-order valence-electron chi connectivity index (χ3n) is 4.35. The SMILES string of the molecule is O=C1NC(=S)NC(=O)C12N=C(c1ccccc1)CC2c1cccs1. The molecule has 2 N–H and O–H groups in total. The molecule has 4 rings (SSSR count). The number of hydrogen-bond donors (Lipinski definition) is 2. The molecule has 1 unspecified atom stereocenters. The molecule has 1 atom stereocenters. The number of nitrogens with zero attached hydrogens (tertiary/aromatic N) is 1. The lowest BCUT2D eigenvalue weighted by atomic mass is 9.80. The van der Waals surface area contributed by atoms with E-state index in [4.69, 9.17) is 12.2 Å². The van der Waals surface area contributed by atoms with Crippen molar-refractivity contribution in [2.75, 3.05) is 0 Å². The molecule has 1 fully saturated rings. The largest absolute Gasteiger partial charge is 0.300 e. The molecule has 0 bridgehead atoms. The van der Waals surface area contributed by atoms with Crippen LogP contribution < -0.4 is 10.6 Å². The van der Waals surface area contributed by atoms with Crippen LogP contribution in [-0.4, -0.2) is 28.2 Å². The van der Waals surface area contributed by atoms with E-state index in [-0.39, 0.29) is 11.0 Å². The molecule has 0 radical (unpaired) electrons. The van der Waals surface area contributed by atoms with Crippen molar-refractivity contribution in [1.82, 2.24) is 10.6 Å². The highest BCUT2D eigenvalue weighted by molar-refractivity contribution is 7.80. The molecule has 0 saturated carbocycles. The van der Waals surface area contributed by atoms with Gasteiger partial charge in [0.2, 0.25) is 5.54 Å². The van der Waals surface area contributed by atoms with Gasteiger partial charge in [0.15, 0.2) is 5.11 Å². The van der Waals surface area contributed by atoms with Gasteiger partial charge in [0.25, 0.3) is 11.8 Å². The van der Waals surface area contributed by atoms with Crippen LogP contribution in [0, 0.1) is 0 Å². The topological polar surface area (TPSA) is 70.6 Å². The van der Waals surface area contributed by atoms with E-state index in [0.717, 1.165) is 16.2 Å². The predicted octanol–water partition coefficient (Wildman–Crippen LogP) is 1.99. The summed E-state index contributed by atoms with van der Waals surface area (Å²) < 4.78 is 0. The molecular weight excluding hydrogens is 342 g/mol. The fourth-order valence-corrected chi connectivity index (χ4v) is 4.31. The van der Waals surface area contributed by atoms with Crippen LogP contribution >= 0.6 is 23.6 Å². The third kappa shape index (κ3) is 2.20. The number of carbonyl (C=O) groups excluding carboxylic acids is 2. The van der Waals surface area contributed by atoms with Crippen LogP contribution in [0.1, 0.15) is 22.8 Å². The van der Waals surface area contributed by atoms with Gasteiger partial charge in [-0.15, -0.1) is 11.3 Å². The summed E-state index contributed by atoms with van der Waals surface area (Å²) in [6.45, 7) is 0. The Morgan fingerprint density at radius 2 is 1.79 bits per heavy atom. The number of aliphatic imine (C=N–C) groups is 1. The van der Waals surface area contributed by atoms with E-state index in [1.807, 2.05) is 47.8 Å². The van der Waals surface area contributed by atoms with Gasteiger partial charge in [-0.05, 0) is 29.2 Å². The van der Waals surface area contributed by atoms with E-state index < -0.39 is 17.4 Å². The third-order valence-corrected chi connectivity index (χ3v) is 5.54. The van der Waals surface area contributed by atoms with Crippen molar-refractivity contribution in [1.29, 1.82) is 0 Å². The summed E-state index contributed by atoms with van der Waals surface area (Å²) in [6.07, 6.45) is 0.526. The zero-order valence-electron chi connectivity index (χ0n) is 12.5. The van der Waals surface area contributed by atoms with Gasteiger partial charge in [0.05, 0.1) is 0 Å². The number of carbonyl (C=O) groups is 2. The summed E-state index contributed by atoms with van der Waals surface area (Å²) in [5, 5.41) is 7.10. The average molecular weight is 355 g/mol. The first kappa shape index (κ1) is 15.2. The van der Waals surface area contributed by atoms with Gasteiger partial charge in [-0.2, -0.15) is 0 Å². The molecule has 1 spiro atoms. The van der Waals surface area contributed by atoms with Crippen molar-refractivity contribution < 1.29 is 9.59 Å². The fraction of sp³-hybridized carbons (Fsp3) is 0.176. The van der Waals surface area contributed by atoms with Crippen LogP contribution in [0.2, 0.25) is 0 Å². The number of amides is 2. The molecule has 3 heterocycles. The quantitative estimate of drug-likeness (QED) is 0.639. The summed E-state index contributed by atoms with van der Waals surface area (Å²) in [4.78, 5) is 31.1. The van der Waals surface area contributed by atoms with Crippen LogP contribution in [-0.2, 0) is 9.59 Å². The first-order chi connectivity index (χ1) is 11.6. The number of nitrogens with one attached hydrogen (secondary N) is 2. The second kappa shape index (κ2) is 5.61. The highest BCUT2D eigenvalue weighted by Gasteiger charge is 2.59. The summed E-state index contributed by atoms with van der Waals surface area (Å²) in [6, 6.07) is 13.5. The molecular formula is C17H13N3O2S2. The Morgan fingerprint density at radius 1 is 1.08 bits per heavy atom. The van der Waals surface area contributed by atoms with Crippen LogP contribution in [0.15, 0.2) is 52.8 Å². The van der Waals surface area contributed by atoms with E-state index in [0.29, 0.717) is 6.42 Å². The van der Waals surface area contributed by atoms with Crippen molar-refractivity contribution >= 4 is 46.2 Å². The molecule has 1 aromatic heterocycles. The van der Waals surface area contributed by atoms with Crippen LogP contribution in [0.5, 0.6) is 0 Å². The maximum absolute atomic E-state index is 12.8. The smallest absolute Gasteiger partial charge is 0.264 e. The maximum atomic E-state index is 12.8. The summed E-state index contributed by atoms with van der Waals surface area (Å²) >= 11 is 6.45. The van der Waals surface area contributed by atoms with Crippen LogP contribution in [0.25, 0.3) is 0 Å². The van der Waals surface area contributed by atoms with Gasteiger partial charge in [0.1, 0.15) is 0 Å². The number of benzene rings is 1. The highest BCUT2D eigenvalue weighted by Crippen LogP contribution is 2.44. The number of thiocarbonyl (C=S) groups is 1. The molecule has 5 nitrogen and oxygen atoms in total. The van der Waals surface area contributed by atoms with Crippen LogP contribution in [0.3, 0.4) is 0 Å². The van der Waals surface area contributed by atoms with Crippen molar-refractivity contribution in [2.45, 2.75) is 17.9 Å². The van der Waals surface area contributed by atoms with E-state index in [2.05, 4.69) is 15.6 Å². The molecule has 24 heavy (non-hydrogen) atoms. The Labute approximate surface area is 147 Å². The Bertz CT molecular complexity index is 839. The zero-order chi connectivity index (χ0) is 16.7. The summed E-state index contributed by atoms with van der Waals surface area (Å²) in [5.74, 6) is -1.25. The molecule has 0 aliphatic carbocycles. The standard InChI is InChI=1S/C17H13N3O2S2/c21-14-17(15(22)19-16(23)18-14)11(13-7-4-8-24-13)9-12(20-17)10-5-2-1-3-6-10/h1-8,11H,9H2,(H2,18,19,21,22,23). The lowest BCUT2D eigenvalue weighted by Crippen LogP contribution is -2.66. The summed E-state index contributed by atoms with van der Waals surface area (Å²) in [5.41, 5.74) is 0.176. The van der Waals surface area contributed by atoms with Gasteiger partial charge >= 0.3 is 0 Å². The lowest BCUT2D eigenvalue weighted by molar-refractivity contribution is -0.137. The van der Waals surface area contributed by atoms with Crippen molar-refractivity contribution in [3.63, 3.8) is 0 Å². The minimum absolute atomic E-state index is 0.0314. The van der Waals surface area contributed by atoms with Crippen molar-refractivity contribution in [3.05, 3.63) is 58.3 Å². The van der Waals surface area contributed by atoms with Gasteiger partial charge in [-0.1, -0.05) is 36.4 Å². The Morgan fingerprint density at radius 3 is 2.42 bits per heavy atom. The number of hydrogen-bond acceptors (Lipinski definition) is 5. The molecule has 1 saturated heterocycles. The van der Waals surface area contributed by atoms with Gasteiger partial charge in [-0.3, -0.25) is 14.6 Å². The molecule has 2 amide bonds. The normalized spacial score (nSPS) is 22.2. The second-order valence-corrected chi connectivity index (χ2v) is 7.09. The molecule has 7 heteroatoms. The van der Waals surface area contributed by atoms with E-state index >= 15 is 0 Å². The average Bonchev–Trinajstić information content (AvgIpc) is 3.22. The lowest BCUT2D eigenvalue weighted by Gasteiger charge is -2.33. The van der Waals surface area contributed by atoms with Gasteiger partial charge < -0.3 is 10.6 Å². The Hall–Kier alpha value is -2.38. The monoisotopic (exact) mass is 355 g/mol. The van der Waals surface area contributed by atoms with Crippen molar-refractivity contribution in [3.8, 4) is 0 Å². The van der Waals surface area contributed by atoms with Gasteiger partial charge in [-0.25, -0.2) is 0 Å². The predicted molar refractivity (Wildman–Crippen MR) is 96.3 cm³/mol. The van der Waals surface area contributed by atoms with E-state index in [1.165, 1.54) is 11.3 Å². The maximum Gasteiger partial charge on any atom is 0.264 e. The Kier molecular flexibility index (Phi) is 3.54. The van der Waals surface area contributed by atoms with Crippen LogP contribution in [0.4, 0.5) is 0 Å². The molecule has 2 aromatic rings. The fourth-order valence-electron chi connectivity index (χ4n) is 3.24. The molecule has 120 valence electrons. The first-order valence-corrected chi connectivity index (χ1v) is 8.74. The zero-order valence-corrected chi connectivity index (χ0v) is 14.1. The number of rotatable bonds is 2. The minimum atomic E-state index is -1.50. The van der Waals surface area contributed by atoms with E-state index in [1.54, 1.807) is 0 Å². The highest BCUT2D eigenvalue weighted by atomic mass is 32.1. The summed E-state index contributed by atoms with van der Waals surface area (Å²) in [7, 11) is 0.